The van der Waals surface area contributed by atoms with Crippen LogP contribution in [-0.2, 0) is 6.54 Å². The summed E-state index contributed by atoms with van der Waals surface area (Å²) in [6.45, 7) is 7.38. The van der Waals surface area contributed by atoms with Crippen LogP contribution in [0.15, 0.2) is 78.9 Å². The van der Waals surface area contributed by atoms with Crippen molar-refractivity contribution in [2.24, 2.45) is 0 Å². The molecule has 0 aliphatic carbocycles. The van der Waals surface area contributed by atoms with Crippen LogP contribution in [0, 0.1) is 0 Å². The smallest absolute Gasteiger partial charge is 0.121 e. The zero-order valence-electron chi connectivity index (χ0n) is 18.7. The van der Waals surface area contributed by atoms with Crippen LogP contribution in [0.1, 0.15) is 31.0 Å². The molecule has 0 saturated carbocycles. The Morgan fingerprint density at radius 1 is 0.969 bits per heavy atom. The molecule has 32 heavy (non-hydrogen) atoms. The standard InChI is InChI=1S/C27H31ClN2O2/c1-27(2,31)20-32-23-13-14-25(24(28)17-23)30-16-15-29(18-21-9-5-3-6-10-21)19-26(30)22-11-7-4-8-12-22/h3-14,17,26,31H,15-16,18-20H2,1-2H3/t26-/m0/s1. The molecule has 5 heteroatoms. The molecule has 1 N–H and O–H groups in total. The lowest BCUT2D eigenvalue weighted by molar-refractivity contribution is 0.0285. The van der Waals surface area contributed by atoms with Crippen molar-refractivity contribution in [3.63, 3.8) is 0 Å². The van der Waals surface area contributed by atoms with E-state index in [0.717, 1.165) is 31.9 Å². The van der Waals surface area contributed by atoms with Gasteiger partial charge in [0.2, 0.25) is 0 Å². The van der Waals surface area contributed by atoms with Crippen molar-refractivity contribution in [2.75, 3.05) is 31.1 Å². The van der Waals surface area contributed by atoms with Gasteiger partial charge in [-0.2, -0.15) is 0 Å². The zero-order chi connectivity index (χ0) is 22.6. The monoisotopic (exact) mass is 450 g/mol. The van der Waals surface area contributed by atoms with Gasteiger partial charge < -0.3 is 14.7 Å². The van der Waals surface area contributed by atoms with Gasteiger partial charge in [-0.05, 0) is 37.1 Å². The lowest BCUT2D eigenvalue weighted by Crippen LogP contribution is -2.48. The molecule has 1 heterocycles. The van der Waals surface area contributed by atoms with Crippen LogP contribution in [0.3, 0.4) is 0 Å². The van der Waals surface area contributed by atoms with Crippen molar-refractivity contribution in [3.8, 4) is 5.75 Å². The van der Waals surface area contributed by atoms with E-state index in [2.05, 4.69) is 70.5 Å². The van der Waals surface area contributed by atoms with Gasteiger partial charge in [-0.15, -0.1) is 0 Å². The van der Waals surface area contributed by atoms with E-state index in [1.165, 1.54) is 11.1 Å². The van der Waals surface area contributed by atoms with E-state index >= 15 is 0 Å². The van der Waals surface area contributed by atoms with Crippen LogP contribution in [-0.4, -0.2) is 41.8 Å². The van der Waals surface area contributed by atoms with Crippen molar-refractivity contribution in [2.45, 2.75) is 32.0 Å². The normalized spacial score (nSPS) is 17.4. The molecule has 0 radical (unpaired) electrons. The van der Waals surface area contributed by atoms with Gasteiger partial charge in [0.15, 0.2) is 0 Å². The second kappa shape index (κ2) is 9.95. The average Bonchev–Trinajstić information content (AvgIpc) is 2.79. The first kappa shape index (κ1) is 22.7. The minimum atomic E-state index is -0.890. The maximum absolute atomic E-state index is 9.93. The number of rotatable bonds is 7. The lowest BCUT2D eigenvalue weighted by Gasteiger charge is -2.43. The van der Waals surface area contributed by atoms with Crippen molar-refractivity contribution < 1.29 is 9.84 Å². The van der Waals surface area contributed by atoms with Crippen molar-refractivity contribution in [1.29, 1.82) is 0 Å². The number of benzene rings is 3. The zero-order valence-corrected chi connectivity index (χ0v) is 19.5. The van der Waals surface area contributed by atoms with Gasteiger partial charge in [0.25, 0.3) is 0 Å². The van der Waals surface area contributed by atoms with E-state index < -0.39 is 5.60 Å². The highest BCUT2D eigenvalue weighted by Crippen LogP contribution is 2.37. The molecule has 4 nitrogen and oxygen atoms in total. The fraction of sp³-hybridized carbons (Fsp3) is 0.333. The topological polar surface area (TPSA) is 35.9 Å². The largest absolute Gasteiger partial charge is 0.491 e. The van der Waals surface area contributed by atoms with E-state index in [1.807, 2.05) is 18.2 Å². The average molecular weight is 451 g/mol. The van der Waals surface area contributed by atoms with Crippen LogP contribution in [0.4, 0.5) is 5.69 Å². The van der Waals surface area contributed by atoms with E-state index in [4.69, 9.17) is 16.3 Å². The van der Waals surface area contributed by atoms with Crippen LogP contribution < -0.4 is 9.64 Å². The van der Waals surface area contributed by atoms with Crippen LogP contribution in [0.25, 0.3) is 0 Å². The maximum atomic E-state index is 9.93. The van der Waals surface area contributed by atoms with Crippen LogP contribution >= 0.6 is 11.6 Å². The number of nitrogens with zero attached hydrogens (tertiary/aromatic N) is 2. The molecule has 0 bridgehead atoms. The second-order valence-electron chi connectivity index (χ2n) is 9.05. The summed E-state index contributed by atoms with van der Waals surface area (Å²) in [5, 5.41) is 10.6. The first-order chi connectivity index (χ1) is 15.4. The van der Waals surface area contributed by atoms with Gasteiger partial charge in [-0.25, -0.2) is 0 Å². The molecule has 1 aliphatic heterocycles. The molecule has 1 saturated heterocycles. The number of ether oxygens (including phenoxy) is 1. The first-order valence-electron chi connectivity index (χ1n) is 11.1. The molecule has 0 unspecified atom stereocenters. The van der Waals surface area contributed by atoms with Gasteiger partial charge in [-0.1, -0.05) is 72.3 Å². The summed E-state index contributed by atoms with van der Waals surface area (Å²) < 4.78 is 5.73. The summed E-state index contributed by atoms with van der Waals surface area (Å²) in [5.41, 5.74) is 2.73. The highest BCUT2D eigenvalue weighted by Gasteiger charge is 2.29. The number of hydrogen-bond acceptors (Lipinski definition) is 4. The van der Waals surface area contributed by atoms with Gasteiger partial charge in [-0.3, -0.25) is 4.90 Å². The van der Waals surface area contributed by atoms with Gasteiger partial charge in [0.05, 0.1) is 22.4 Å². The molecular weight excluding hydrogens is 420 g/mol. The molecule has 1 atom stereocenters. The summed E-state index contributed by atoms with van der Waals surface area (Å²) in [7, 11) is 0. The van der Waals surface area contributed by atoms with E-state index in [-0.39, 0.29) is 12.6 Å². The van der Waals surface area contributed by atoms with Crippen molar-refractivity contribution >= 4 is 17.3 Å². The Morgan fingerprint density at radius 2 is 1.66 bits per heavy atom. The molecule has 0 amide bonds. The number of hydrogen-bond donors (Lipinski definition) is 1. The molecule has 3 aromatic carbocycles. The van der Waals surface area contributed by atoms with Crippen LogP contribution in [0.5, 0.6) is 5.75 Å². The lowest BCUT2D eigenvalue weighted by atomic mass is 10.0. The van der Waals surface area contributed by atoms with E-state index in [1.54, 1.807) is 13.8 Å². The summed E-state index contributed by atoms with van der Waals surface area (Å²) in [6, 6.07) is 27.3. The van der Waals surface area contributed by atoms with Crippen LogP contribution in [0.2, 0.25) is 5.02 Å². The fourth-order valence-corrected chi connectivity index (χ4v) is 4.42. The molecule has 168 valence electrons. The molecule has 4 rings (SSSR count). The van der Waals surface area contributed by atoms with E-state index in [9.17, 15) is 5.11 Å². The Balaban J connectivity index is 1.55. The fourth-order valence-electron chi connectivity index (χ4n) is 4.14. The summed E-state index contributed by atoms with van der Waals surface area (Å²) in [5.74, 6) is 0.667. The van der Waals surface area contributed by atoms with Crippen molar-refractivity contribution in [3.05, 3.63) is 95.0 Å². The third kappa shape index (κ3) is 5.83. The molecule has 0 aromatic heterocycles. The SMILES string of the molecule is CC(C)(O)COc1ccc(N2CCN(Cc3ccccc3)C[C@H]2c2ccccc2)c(Cl)c1. The third-order valence-corrected chi connectivity index (χ3v) is 6.02. The number of piperazine rings is 1. The minimum Gasteiger partial charge on any atom is -0.491 e. The first-order valence-corrected chi connectivity index (χ1v) is 11.5. The number of aliphatic hydroxyl groups is 1. The molecule has 1 fully saturated rings. The second-order valence-corrected chi connectivity index (χ2v) is 9.46. The van der Waals surface area contributed by atoms with Crippen molar-refractivity contribution in [1.82, 2.24) is 4.90 Å². The quantitative estimate of drug-likeness (QED) is 0.511. The predicted octanol–water partition coefficient (Wildman–Crippen LogP) is 5.55. The molecule has 1 aliphatic rings. The highest BCUT2D eigenvalue weighted by atomic mass is 35.5. The number of anilines is 1. The summed E-state index contributed by atoms with van der Waals surface area (Å²) >= 11 is 6.73. The van der Waals surface area contributed by atoms with Gasteiger partial charge in [0, 0.05) is 32.2 Å². The number of halogens is 1. The van der Waals surface area contributed by atoms with Gasteiger partial charge in [0.1, 0.15) is 12.4 Å². The Labute approximate surface area is 196 Å². The third-order valence-electron chi connectivity index (χ3n) is 5.72. The molecule has 0 spiro atoms. The Hall–Kier alpha value is -2.53. The predicted molar refractivity (Wildman–Crippen MR) is 131 cm³/mol. The Bertz CT molecular complexity index is 1010. The van der Waals surface area contributed by atoms with E-state index in [0.29, 0.717) is 10.8 Å². The maximum Gasteiger partial charge on any atom is 0.121 e. The van der Waals surface area contributed by atoms with Gasteiger partial charge >= 0.3 is 0 Å². The summed E-state index contributed by atoms with van der Waals surface area (Å²) in [4.78, 5) is 4.91. The summed E-state index contributed by atoms with van der Waals surface area (Å²) in [6.07, 6.45) is 0. The molecular formula is C27H31ClN2O2. The molecule has 3 aromatic rings. The highest BCUT2D eigenvalue weighted by molar-refractivity contribution is 6.33. The Morgan fingerprint density at radius 3 is 2.31 bits per heavy atom. The minimum absolute atomic E-state index is 0.203. The Kier molecular flexibility index (Phi) is 7.04.